The number of fused-ring (bicyclic) bond motifs is 1. The van der Waals surface area contributed by atoms with E-state index in [9.17, 15) is 32.7 Å². The van der Waals surface area contributed by atoms with Crippen LogP contribution in [0, 0.1) is 0 Å². The summed E-state index contributed by atoms with van der Waals surface area (Å²) in [6.45, 7) is 0.626. The molecule has 0 saturated carbocycles. The van der Waals surface area contributed by atoms with E-state index in [4.69, 9.17) is 15.6 Å². The standard InChI is InChI=1S/C19H19N3O4S.C2HF3O2/c20-14-17(24)22-15(19(25)26)12(10-27-18(14)22)9-11-5-4-8-21(16(11)23)13-6-2-1-3-7-13;3-2(4,5)1(6)7/h1-3,6-7,9,14,18H,4-5,8,10,20H2,(H,25,26);(H,6,7)/b11-9+;/t14-,18-;/m1./s1. The molecular formula is C21H20F3N3O6S. The van der Waals surface area contributed by atoms with E-state index in [1.807, 2.05) is 30.3 Å². The molecule has 0 aliphatic carbocycles. The number of nitrogens with zero attached hydrogens (tertiary/aromatic N) is 2. The molecule has 1 aromatic carbocycles. The molecule has 2 fully saturated rings. The number of anilines is 1. The molecular weight excluding hydrogens is 479 g/mol. The average molecular weight is 499 g/mol. The quantitative estimate of drug-likeness (QED) is 0.423. The monoisotopic (exact) mass is 499 g/mol. The summed E-state index contributed by atoms with van der Waals surface area (Å²) >= 11 is 1.43. The smallest absolute Gasteiger partial charge is 0.477 e. The molecule has 2 amide bonds. The van der Waals surface area contributed by atoms with Gasteiger partial charge in [0.1, 0.15) is 17.1 Å². The van der Waals surface area contributed by atoms with E-state index in [0.717, 1.165) is 12.1 Å². The minimum absolute atomic E-state index is 0.0532. The summed E-state index contributed by atoms with van der Waals surface area (Å²) in [5.41, 5.74) is 7.59. The molecule has 34 heavy (non-hydrogen) atoms. The number of halogens is 3. The lowest BCUT2D eigenvalue weighted by atomic mass is 9.98. The van der Waals surface area contributed by atoms with Gasteiger partial charge in [-0.1, -0.05) is 18.2 Å². The number of amides is 2. The Morgan fingerprint density at radius 1 is 1.15 bits per heavy atom. The molecule has 2 saturated heterocycles. The summed E-state index contributed by atoms with van der Waals surface area (Å²) in [7, 11) is 0. The van der Waals surface area contributed by atoms with Crippen LogP contribution in [0.15, 0.2) is 53.3 Å². The van der Waals surface area contributed by atoms with Crippen LogP contribution in [0.2, 0.25) is 0 Å². The zero-order valence-corrected chi connectivity index (χ0v) is 18.3. The fourth-order valence-electron chi connectivity index (χ4n) is 3.66. The topological polar surface area (TPSA) is 141 Å². The maximum absolute atomic E-state index is 12.9. The molecule has 3 aliphatic heterocycles. The second-order valence-electron chi connectivity index (χ2n) is 7.48. The molecule has 4 rings (SSSR count). The van der Waals surface area contributed by atoms with Crippen molar-refractivity contribution in [2.24, 2.45) is 5.73 Å². The first-order valence-corrected chi connectivity index (χ1v) is 11.0. The first kappa shape index (κ1) is 25.3. The molecule has 13 heteroatoms. The lowest BCUT2D eigenvalue weighted by Crippen LogP contribution is -2.68. The Bertz CT molecular complexity index is 1070. The van der Waals surface area contributed by atoms with Gasteiger partial charge in [0, 0.05) is 23.6 Å². The van der Waals surface area contributed by atoms with Crippen LogP contribution >= 0.6 is 11.8 Å². The number of para-hydroxylation sites is 1. The number of alkyl halides is 3. The molecule has 1 aromatic rings. The van der Waals surface area contributed by atoms with Crippen LogP contribution in [0.5, 0.6) is 0 Å². The van der Waals surface area contributed by atoms with Crippen LogP contribution in [0.4, 0.5) is 18.9 Å². The number of aliphatic carboxylic acids is 2. The molecule has 0 aromatic heterocycles. The van der Waals surface area contributed by atoms with Crippen LogP contribution in [0.1, 0.15) is 12.8 Å². The molecule has 9 nitrogen and oxygen atoms in total. The zero-order valence-electron chi connectivity index (χ0n) is 17.5. The number of piperidine rings is 1. The molecule has 4 N–H and O–H groups in total. The van der Waals surface area contributed by atoms with Crippen molar-refractivity contribution >= 4 is 41.2 Å². The highest BCUT2D eigenvalue weighted by atomic mass is 32.2. The summed E-state index contributed by atoms with van der Waals surface area (Å²) in [6, 6.07) is 8.74. The van der Waals surface area contributed by atoms with Crippen molar-refractivity contribution in [1.82, 2.24) is 4.90 Å². The minimum Gasteiger partial charge on any atom is -0.477 e. The van der Waals surface area contributed by atoms with Crippen molar-refractivity contribution < 1.29 is 42.6 Å². The van der Waals surface area contributed by atoms with Crippen LogP contribution in [-0.2, 0) is 19.2 Å². The van der Waals surface area contributed by atoms with E-state index in [0.29, 0.717) is 29.9 Å². The van der Waals surface area contributed by atoms with E-state index < -0.39 is 24.2 Å². The first-order chi connectivity index (χ1) is 15.9. The zero-order chi connectivity index (χ0) is 25.2. The van der Waals surface area contributed by atoms with Crippen molar-refractivity contribution in [3.8, 4) is 0 Å². The van der Waals surface area contributed by atoms with Crippen molar-refractivity contribution in [3.05, 3.63) is 53.3 Å². The van der Waals surface area contributed by atoms with Crippen molar-refractivity contribution in [2.45, 2.75) is 30.4 Å². The van der Waals surface area contributed by atoms with E-state index in [2.05, 4.69) is 0 Å². The number of nitrogens with two attached hydrogens (primary N) is 1. The number of hydrogen-bond donors (Lipinski definition) is 3. The first-order valence-electron chi connectivity index (χ1n) is 9.97. The predicted molar refractivity (Wildman–Crippen MR) is 116 cm³/mol. The van der Waals surface area contributed by atoms with E-state index in [1.54, 1.807) is 11.0 Å². The Hall–Kier alpha value is -3.32. The van der Waals surface area contributed by atoms with E-state index >= 15 is 0 Å². The molecule has 0 unspecified atom stereocenters. The number of hydrogen-bond acceptors (Lipinski definition) is 6. The third-order valence-electron chi connectivity index (χ3n) is 5.25. The van der Waals surface area contributed by atoms with Crippen LogP contribution in [0.3, 0.4) is 0 Å². The van der Waals surface area contributed by atoms with Gasteiger partial charge in [0.05, 0.1) is 0 Å². The van der Waals surface area contributed by atoms with Gasteiger partial charge < -0.3 is 20.8 Å². The molecule has 2 atom stereocenters. The number of allylic oxidation sites excluding steroid dienone is 1. The maximum Gasteiger partial charge on any atom is 0.490 e. The number of benzene rings is 1. The summed E-state index contributed by atoms with van der Waals surface area (Å²) in [5, 5.41) is 16.4. The van der Waals surface area contributed by atoms with Gasteiger partial charge in [0.2, 0.25) is 5.91 Å². The Balaban J connectivity index is 0.000000406. The molecule has 3 heterocycles. The Labute approximate surface area is 195 Å². The average Bonchev–Trinajstić information content (AvgIpc) is 2.79. The lowest BCUT2D eigenvalue weighted by molar-refractivity contribution is -0.192. The molecule has 3 aliphatic rings. The Kier molecular flexibility index (Phi) is 7.36. The van der Waals surface area contributed by atoms with Gasteiger partial charge in [-0.15, -0.1) is 11.8 Å². The van der Waals surface area contributed by atoms with Gasteiger partial charge in [-0.3, -0.25) is 14.5 Å². The summed E-state index contributed by atoms with van der Waals surface area (Å²) in [6.07, 6.45) is -2.05. The maximum atomic E-state index is 12.9. The van der Waals surface area contributed by atoms with Crippen LogP contribution in [-0.4, -0.2) is 68.8 Å². The number of carbonyl (C=O) groups excluding carboxylic acids is 2. The van der Waals surface area contributed by atoms with Crippen LogP contribution in [0.25, 0.3) is 0 Å². The molecule has 0 radical (unpaired) electrons. The Morgan fingerprint density at radius 2 is 1.76 bits per heavy atom. The number of β-lactam (4-membered cyclic amide) rings is 1. The molecule has 0 bridgehead atoms. The largest absolute Gasteiger partial charge is 0.490 e. The summed E-state index contributed by atoms with van der Waals surface area (Å²) in [5.74, 6) is -4.03. The number of carboxylic acid groups (broad SMARTS) is 2. The number of carboxylic acids is 2. The molecule has 0 spiro atoms. The van der Waals surface area contributed by atoms with Crippen LogP contribution < -0.4 is 10.6 Å². The van der Waals surface area contributed by atoms with Gasteiger partial charge >= 0.3 is 18.1 Å². The Morgan fingerprint density at radius 3 is 2.32 bits per heavy atom. The van der Waals surface area contributed by atoms with Gasteiger partial charge in [0.25, 0.3) is 5.91 Å². The lowest BCUT2D eigenvalue weighted by Gasteiger charge is -2.47. The van der Waals surface area contributed by atoms with Gasteiger partial charge in [-0.25, -0.2) is 9.59 Å². The third-order valence-corrected chi connectivity index (χ3v) is 6.57. The van der Waals surface area contributed by atoms with Gasteiger partial charge in [-0.05, 0) is 36.6 Å². The van der Waals surface area contributed by atoms with E-state index in [-0.39, 0.29) is 22.9 Å². The normalized spacial score (nSPS) is 23.7. The predicted octanol–water partition coefficient (Wildman–Crippen LogP) is 1.95. The van der Waals surface area contributed by atoms with Crippen molar-refractivity contribution in [1.29, 1.82) is 0 Å². The highest BCUT2D eigenvalue weighted by Crippen LogP contribution is 2.40. The summed E-state index contributed by atoms with van der Waals surface area (Å²) < 4.78 is 31.7. The third kappa shape index (κ3) is 5.09. The second kappa shape index (κ2) is 9.89. The number of rotatable bonds is 3. The number of thioether (sulfide) groups is 1. The van der Waals surface area contributed by atoms with Gasteiger partial charge in [-0.2, -0.15) is 13.2 Å². The second-order valence-corrected chi connectivity index (χ2v) is 8.59. The summed E-state index contributed by atoms with van der Waals surface area (Å²) in [4.78, 5) is 48.6. The molecule has 182 valence electrons. The highest BCUT2D eigenvalue weighted by Gasteiger charge is 2.51. The van der Waals surface area contributed by atoms with Crippen molar-refractivity contribution in [2.75, 3.05) is 17.2 Å². The highest BCUT2D eigenvalue weighted by molar-refractivity contribution is 8.00. The minimum atomic E-state index is -5.08. The van der Waals surface area contributed by atoms with Crippen molar-refractivity contribution in [3.63, 3.8) is 0 Å². The fourth-order valence-corrected chi connectivity index (χ4v) is 4.91. The number of carbonyl (C=O) groups is 4. The fraction of sp³-hybridized carbons (Fsp3) is 0.333. The van der Waals surface area contributed by atoms with Gasteiger partial charge in [0.15, 0.2) is 0 Å². The van der Waals surface area contributed by atoms with E-state index in [1.165, 1.54) is 16.7 Å². The SMILES string of the molecule is N[C@@H]1C(=O)N2C(C(=O)O)=C(/C=C3\CCCN(c4ccccc4)C3=O)CS[C@H]12.O=C(O)C(F)(F)F.